The van der Waals surface area contributed by atoms with E-state index in [4.69, 9.17) is 14.2 Å². The molecule has 7 heteroatoms. The number of ether oxygens (including phenoxy) is 3. The molecule has 2 saturated heterocycles. The predicted octanol–water partition coefficient (Wildman–Crippen LogP) is 1.63. The molecule has 1 aliphatic carbocycles. The van der Waals surface area contributed by atoms with Crippen LogP contribution in [0.4, 0.5) is 0 Å². The molecule has 3 aliphatic rings. The fraction of sp³-hybridized carbons (Fsp3) is 0.952. The van der Waals surface area contributed by atoms with Gasteiger partial charge < -0.3 is 24.8 Å². The Morgan fingerprint density at radius 3 is 2.64 bits per heavy atom. The fourth-order valence-electron chi connectivity index (χ4n) is 4.59. The van der Waals surface area contributed by atoms with Crippen molar-refractivity contribution in [3.8, 4) is 0 Å². The predicted molar refractivity (Wildman–Crippen MR) is 112 cm³/mol. The summed E-state index contributed by atoms with van der Waals surface area (Å²) in [6, 6.07) is 0. The third-order valence-electron chi connectivity index (χ3n) is 6.29. The van der Waals surface area contributed by atoms with Gasteiger partial charge in [0.05, 0.1) is 25.9 Å². The molecule has 1 unspecified atom stereocenters. The van der Waals surface area contributed by atoms with Crippen LogP contribution >= 0.6 is 0 Å². The van der Waals surface area contributed by atoms with E-state index in [-0.39, 0.29) is 0 Å². The first-order valence-electron chi connectivity index (χ1n) is 11.2. The van der Waals surface area contributed by atoms with Gasteiger partial charge in [0.15, 0.2) is 5.96 Å². The minimum Gasteiger partial charge on any atom is -0.379 e. The van der Waals surface area contributed by atoms with Crippen molar-refractivity contribution in [3.05, 3.63) is 0 Å². The maximum Gasteiger partial charge on any atom is 0.190 e. The number of aliphatic imine (C=N–C) groups is 1. The van der Waals surface area contributed by atoms with Gasteiger partial charge in [-0.3, -0.25) is 9.89 Å². The van der Waals surface area contributed by atoms with Gasteiger partial charge in [0, 0.05) is 58.4 Å². The van der Waals surface area contributed by atoms with E-state index in [2.05, 4.69) is 20.5 Å². The Labute approximate surface area is 170 Å². The minimum absolute atomic E-state index is 0.295. The lowest BCUT2D eigenvalue weighted by Gasteiger charge is -2.42. The van der Waals surface area contributed by atoms with Gasteiger partial charge in [-0.15, -0.1) is 0 Å². The Morgan fingerprint density at radius 2 is 1.93 bits per heavy atom. The molecule has 2 heterocycles. The summed E-state index contributed by atoms with van der Waals surface area (Å²) in [5, 5.41) is 7.07. The molecule has 3 fully saturated rings. The summed E-state index contributed by atoms with van der Waals surface area (Å²) < 4.78 is 16.7. The van der Waals surface area contributed by atoms with E-state index >= 15 is 0 Å². The molecule has 3 rings (SSSR count). The van der Waals surface area contributed by atoms with Gasteiger partial charge in [-0.1, -0.05) is 19.3 Å². The Bertz CT molecular complexity index is 457. The molecule has 0 aromatic rings. The average molecular weight is 397 g/mol. The standard InChI is InChI=1S/C21H40N4O3/c1-22-20(23-9-5-12-28-19-6-13-27-16-19)24-17-21(7-3-2-4-8-21)18-25-10-14-26-15-11-25/h19H,2-18H2,1H3,(H2,22,23,24). The lowest BCUT2D eigenvalue weighted by Crippen LogP contribution is -2.51. The largest absolute Gasteiger partial charge is 0.379 e. The van der Waals surface area contributed by atoms with Crippen LogP contribution in [0.15, 0.2) is 4.99 Å². The Hall–Kier alpha value is -0.890. The van der Waals surface area contributed by atoms with Gasteiger partial charge in [0.25, 0.3) is 0 Å². The monoisotopic (exact) mass is 396 g/mol. The van der Waals surface area contributed by atoms with Crippen LogP contribution in [0, 0.1) is 5.41 Å². The van der Waals surface area contributed by atoms with E-state index in [0.29, 0.717) is 11.5 Å². The van der Waals surface area contributed by atoms with E-state index in [0.717, 1.165) is 78.0 Å². The molecule has 0 radical (unpaired) electrons. The van der Waals surface area contributed by atoms with Gasteiger partial charge in [-0.25, -0.2) is 0 Å². The van der Waals surface area contributed by atoms with Gasteiger partial charge in [-0.2, -0.15) is 0 Å². The minimum atomic E-state index is 0.295. The summed E-state index contributed by atoms with van der Waals surface area (Å²) in [4.78, 5) is 7.02. The highest BCUT2D eigenvalue weighted by Crippen LogP contribution is 2.36. The SMILES string of the molecule is CN=C(NCCCOC1CCOC1)NCC1(CN2CCOCC2)CCCCC1. The first-order valence-corrected chi connectivity index (χ1v) is 11.2. The number of guanidine groups is 1. The van der Waals surface area contributed by atoms with Gasteiger partial charge in [0.1, 0.15) is 0 Å². The summed E-state index contributed by atoms with van der Waals surface area (Å²) in [5.41, 5.74) is 0.360. The third-order valence-corrected chi connectivity index (χ3v) is 6.29. The average Bonchev–Trinajstić information content (AvgIpc) is 3.25. The van der Waals surface area contributed by atoms with E-state index in [9.17, 15) is 0 Å². The van der Waals surface area contributed by atoms with E-state index < -0.39 is 0 Å². The lowest BCUT2D eigenvalue weighted by molar-refractivity contribution is 0.00819. The van der Waals surface area contributed by atoms with Crippen LogP contribution in [-0.2, 0) is 14.2 Å². The molecule has 1 atom stereocenters. The van der Waals surface area contributed by atoms with Crippen LogP contribution in [-0.4, -0.2) is 89.8 Å². The second-order valence-electron chi connectivity index (χ2n) is 8.51. The highest BCUT2D eigenvalue weighted by molar-refractivity contribution is 5.79. The molecule has 162 valence electrons. The van der Waals surface area contributed by atoms with Crippen LogP contribution in [0.1, 0.15) is 44.9 Å². The van der Waals surface area contributed by atoms with Crippen LogP contribution in [0.5, 0.6) is 0 Å². The summed E-state index contributed by atoms with van der Waals surface area (Å²) in [5.74, 6) is 0.913. The summed E-state index contributed by atoms with van der Waals surface area (Å²) in [6.45, 7) is 9.32. The van der Waals surface area contributed by atoms with Crippen molar-refractivity contribution in [2.24, 2.45) is 10.4 Å². The zero-order chi connectivity index (χ0) is 19.5. The van der Waals surface area contributed by atoms with E-state index in [1.807, 2.05) is 7.05 Å². The second-order valence-corrected chi connectivity index (χ2v) is 8.51. The summed E-state index contributed by atoms with van der Waals surface area (Å²) in [7, 11) is 1.86. The summed E-state index contributed by atoms with van der Waals surface area (Å²) >= 11 is 0. The summed E-state index contributed by atoms with van der Waals surface area (Å²) in [6.07, 6.45) is 9.00. The molecule has 1 saturated carbocycles. The first-order chi connectivity index (χ1) is 13.8. The van der Waals surface area contributed by atoms with Crippen molar-refractivity contribution >= 4 is 5.96 Å². The molecule has 0 bridgehead atoms. The number of hydrogen-bond acceptors (Lipinski definition) is 5. The molecule has 0 amide bonds. The van der Waals surface area contributed by atoms with Crippen molar-refractivity contribution in [3.63, 3.8) is 0 Å². The Morgan fingerprint density at radius 1 is 1.11 bits per heavy atom. The fourth-order valence-corrected chi connectivity index (χ4v) is 4.59. The molecule has 28 heavy (non-hydrogen) atoms. The molecule has 0 aromatic heterocycles. The van der Waals surface area contributed by atoms with Crippen LogP contribution in [0.2, 0.25) is 0 Å². The van der Waals surface area contributed by atoms with Crippen LogP contribution in [0.25, 0.3) is 0 Å². The quantitative estimate of drug-likeness (QED) is 0.351. The Kier molecular flexibility index (Phi) is 9.31. The zero-order valence-corrected chi connectivity index (χ0v) is 17.7. The number of nitrogens with zero attached hydrogens (tertiary/aromatic N) is 2. The third kappa shape index (κ3) is 7.17. The highest BCUT2D eigenvalue weighted by atomic mass is 16.5. The maximum atomic E-state index is 5.83. The molecule has 0 spiro atoms. The van der Waals surface area contributed by atoms with Gasteiger partial charge in [-0.05, 0) is 25.7 Å². The van der Waals surface area contributed by atoms with Gasteiger partial charge >= 0.3 is 0 Å². The lowest BCUT2D eigenvalue weighted by atomic mass is 9.73. The van der Waals surface area contributed by atoms with Crippen LogP contribution in [0.3, 0.4) is 0 Å². The normalized spacial score (nSPS) is 26.3. The molecule has 2 N–H and O–H groups in total. The molecule has 0 aromatic carbocycles. The number of morpholine rings is 1. The van der Waals surface area contributed by atoms with Crippen molar-refractivity contribution in [1.82, 2.24) is 15.5 Å². The molecule has 7 nitrogen and oxygen atoms in total. The number of nitrogens with one attached hydrogen (secondary N) is 2. The topological polar surface area (TPSA) is 67.4 Å². The zero-order valence-electron chi connectivity index (χ0n) is 17.7. The van der Waals surface area contributed by atoms with Crippen molar-refractivity contribution in [1.29, 1.82) is 0 Å². The van der Waals surface area contributed by atoms with E-state index in [1.54, 1.807) is 0 Å². The van der Waals surface area contributed by atoms with Crippen molar-refractivity contribution < 1.29 is 14.2 Å². The maximum absolute atomic E-state index is 5.83. The van der Waals surface area contributed by atoms with Crippen molar-refractivity contribution in [2.75, 3.05) is 72.8 Å². The first kappa shape index (κ1) is 21.8. The Balaban J connectivity index is 1.37. The number of hydrogen-bond donors (Lipinski definition) is 2. The second kappa shape index (κ2) is 12.0. The molecular weight excluding hydrogens is 356 g/mol. The van der Waals surface area contributed by atoms with Gasteiger partial charge in [0.2, 0.25) is 0 Å². The molecular formula is C21H40N4O3. The highest BCUT2D eigenvalue weighted by Gasteiger charge is 2.34. The van der Waals surface area contributed by atoms with E-state index in [1.165, 1.54) is 38.6 Å². The smallest absolute Gasteiger partial charge is 0.190 e. The molecule has 2 aliphatic heterocycles. The number of rotatable bonds is 9. The van der Waals surface area contributed by atoms with Crippen molar-refractivity contribution in [2.45, 2.75) is 51.0 Å². The van der Waals surface area contributed by atoms with Crippen LogP contribution < -0.4 is 10.6 Å².